The number of carbonyl (C=O) groups is 2. The van der Waals surface area contributed by atoms with E-state index in [1.54, 1.807) is 38.4 Å². The van der Waals surface area contributed by atoms with Crippen molar-refractivity contribution in [1.29, 1.82) is 0 Å². The van der Waals surface area contributed by atoms with Crippen LogP contribution in [0.2, 0.25) is 0 Å². The van der Waals surface area contributed by atoms with Crippen LogP contribution in [0.4, 0.5) is 5.69 Å². The lowest BCUT2D eigenvalue weighted by Crippen LogP contribution is -2.21. The summed E-state index contributed by atoms with van der Waals surface area (Å²) >= 11 is 0. The van der Waals surface area contributed by atoms with Crippen molar-refractivity contribution in [3.63, 3.8) is 0 Å². The third-order valence-electron chi connectivity index (χ3n) is 3.16. The van der Waals surface area contributed by atoms with E-state index >= 15 is 0 Å². The quantitative estimate of drug-likeness (QED) is 0.721. The second kappa shape index (κ2) is 9.13. The summed E-state index contributed by atoms with van der Waals surface area (Å²) in [4.78, 5) is 25.2. The van der Waals surface area contributed by atoms with E-state index in [1.165, 1.54) is 4.90 Å². The van der Waals surface area contributed by atoms with Gasteiger partial charge in [0.2, 0.25) is 5.91 Å². The minimum Gasteiger partial charge on any atom is -0.345 e. The van der Waals surface area contributed by atoms with Gasteiger partial charge in [0.25, 0.3) is 5.91 Å². The summed E-state index contributed by atoms with van der Waals surface area (Å²) in [7, 11) is 3.41. The second-order valence-electron chi connectivity index (χ2n) is 5.28. The summed E-state index contributed by atoms with van der Waals surface area (Å²) in [6.45, 7) is 0.707. The van der Waals surface area contributed by atoms with Gasteiger partial charge in [0.15, 0.2) is 0 Å². The van der Waals surface area contributed by atoms with Gasteiger partial charge in [-0.25, -0.2) is 0 Å². The molecule has 0 spiro atoms. The number of nitrogens with one attached hydrogen (secondary N) is 1. The van der Waals surface area contributed by atoms with Gasteiger partial charge < -0.3 is 16.0 Å². The van der Waals surface area contributed by atoms with Gasteiger partial charge in [0.1, 0.15) is 0 Å². The monoisotopic (exact) mass is 291 g/mol. The van der Waals surface area contributed by atoms with Crippen LogP contribution >= 0.6 is 0 Å². The molecular formula is C16H25N3O2. The van der Waals surface area contributed by atoms with Crippen LogP contribution in [0.3, 0.4) is 0 Å². The molecular weight excluding hydrogens is 266 g/mol. The predicted octanol–water partition coefficient (Wildman–Crippen LogP) is 2.24. The van der Waals surface area contributed by atoms with Crippen LogP contribution in [0.1, 0.15) is 42.5 Å². The van der Waals surface area contributed by atoms with E-state index < -0.39 is 0 Å². The number of anilines is 1. The molecule has 0 bridgehead atoms. The van der Waals surface area contributed by atoms with Crippen molar-refractivity contribution >= 4 is 17.5 Å². The number of hydrogen-bond donors (Lipinski definition) is 2. The van der Waals surface area contributed by atoms with E-state index in [0.717, 1.165) is 25.7 Å². The summed E-state index contributed by atoms with van der Waals surface area (Å²) in [6.07, 6.45) is 4.45. The van der Waals surface area contributed by atoms with E-state index in [2.05, 4.69) is 5.32 Å². The number of nitrogens with zero attached hydrogens (tertiary/aromatic N) is 1. The van der Waals surface area contributed by atoms with Crippen LogP contribution in [0.25, 0.3) is 0 Å². The van der Waals surface area contributed by atoms with Gasteiger partial charge in [-0.3, -0.25) is 9.59 Å². The van der Waals surface area contributed by atoms with Crippen LogP contribution in [-0.2, 0) is 4.79 Å². The molecule has 21 heavy (non-hydrogen) atoms. The highest BCUT2D eigenvalue weighted by Gasteiger charge is 2.09. The highest BCUT2D eigenvalue weighted by molar-refractivity contribution is 5.96. The van der Waals surface area contributed by atoms with Crippen LogP contribution < -0.4 is 11.1 Å². The van der Waals surface area contributed by atoms with Crippen LogP contribution in [0.5, 0.6) is 0 Å². The maximum absolute atomic E-state index is 11.9. The first kappa shape index (κ1) is 17.2. The molecule has 0 radical (unpaired) electrons. The second-order valence-corrected chi connectivity index (χ2v) is 5.28. The highest BCUT2D eigenvalue weighted by atomic mass is 16.2. The largest absolute Gasteiger partial charge is 0.345 e. The van der Waals surface area contributed by atoms with E-state index in [9.17, 15) is 9.59 Å². The lowest BCUT2D eigenvalue weighted by Gasteiger charge is -2.11. The molecule has 0 saturated heterocycles. The molecule has 1 aromatic rings. The third-order valence-corrected chi connectivity index (χ3v) is 3.16. The molecule has 0 aliphatic heterocycles. The molecule has 1 aromatic carbocycles. The minimum absolute atomic E-state index is 0.0165. The van der Waals surface area contributed by atoms with Crippen molar-refractivity contribution in [2.24, 2.45) is 5.73 Å². The van der Waals surface area contributed by atoms with Crippen molar-refractivity contribution < 1.29 is 9.59 Å². The van der Waals surface area contributed by atoms with Crippen LogP contribution in [-0.4, -0.2) is 37.4 Å². The number of carbonyl (C=O) groups excluding carboxylic acids is 2. The standard InChI is InChI=1S/C16H25N3O2/c1-19(2)16(21)13-8-7-9-14(12-13)18-15(20)10-5-3-4-6-11-17/h7-9,12H,3-6,10-11,17H2,1-2H3,(H,18,20). The van der Waals surface area contributed by atoms with Gasteiger partial charge >= 0.3 is 0 Å². The molecule has 1 rings (SSSR count). The fourth-order valence-electron chi connectivity index (χ4n) is 2.00. The average Bonchev–Trinajstić information content (AvgIpc) is 2.46. The molecule has 116 valence electrons. The van der Waals surface area contributed by atoms with Gasteiger partial charge in [-0.05, 0) is 37.6 Å². The highest BCUT2D eigenvalue weighted by Crippen LogP contribution is 2.13. The molecule has 0 aliphatic rings. The van der Waals surface area contributed by atoms with E-state index in [1.807, 2.05) is 0 Å². The zero-order valence-corrected chi connectivity index (χ0v) is 12.9. The molecule has 0 aliphatic carbocycles. The van der Waals surface area contributed by atoms with E-state index in [4.69, 9.17) is 5.73 Å². The number of rotatable bonds is 8. The Kier molecular flexibility index (Phi) is 7.46. The topological polar surface area (TPSA) is 75.4 Å². The van der Waals surface area contributed by atoms with Gasteiger partial charge in [0.05, 0.1) is 0 Å². The van der Waals surface area contributed by atoms with Gasteiger partial charge in [-0.1, -0.05) is 18.9 Å². The maximum atomic E-state index is 11.9. The number of benzene rings is 1. The average molecular weight is 291 g/mol. The zero-order chi connectivity index (χ0) is 15.7. The number of nitrogens with two attached hydrogens (primary N) is 1. The van der Waals surface area contributed by atoms with Crippen LogP contribution in [0.15, 0.2) is 24.3 Å². The number of hydrogen-bond acceptors (Lipinski definition) is 3. The molecule has 2 amide bonds. The summed E-state index contributed by atoms with van der Waals surface area (Å²) < 4.78 is 0. The van der Waals surface area contributed by atoms with Crippen molar-refractivity contribution in [1.82, 2.24) is 4.90 Å². The Balaban J connectivity index is 2.45. The Morgan fingerprint density at radius 1 is 1.14 bits per heavy atom. The lowest BCUT2D eigenvalue weighted by molar-refractivity contribution is -0.116. The summed E-state index contributed by atoms with van der Waals surface area (Å²) in [6, 6.07) is 7.01. The Hall–Kier alpha value is -1.88. The summed E-state index contributed by atoms with van der Waals surface area (Å²) in [5.41, 5.74) is 6.65. The maximum Gasteiger partial charge on any atom is 0.253 e. The minimum atomic E-state index is -0.0760. The molecule has 3 N–H and O–H groups in total. The number of amides is 2. The first-order valence-electron chi connectivity index (χ1n) is 7.36. The van der Waals surface area contributed by atoms with E-state index in [0.29, 0.717) is 24.2 Å². The SMILES string of the molecule is CN(C)C(=O)c1cccc(NC(=O)CCCCCCN)c1. The molecule has 5 nitrogen and oxygen atoms in total. The lowest BCUT2D eigenvalue weighted by atomic mass is 10.1. The Bertz CT molecular complexity index is 472. The summed E-state index contributed by atoms with van der Waals surface area (Å²) in [5.74, 6) is -0.0925. The Morgan fingerprint density at radius 3 is 2.52 bits per heavy atom. The third kappa shape index (κ3) is 6.40. The normalized spacial score (nSPS) is 10.2. The molecule has 0 fully saturated rings. The van der Waals surface area contributed by atoms with Crippen molar-refractivity contribution in [3.05, 3.63) is 29.8 Å². The molecule has 0 unspecified atom stereocenters. The Labute approximate surface area is 126 Å². The number of unbranched alkanes of at least 4 members (excludes halogenated alkanes) is 3. The zero-order valence-electron chi connectivity index (χ0n) is 12.9. The molecule has 0 heterocycles. The van der Waals surface area contributed by atoms with Gasteiger partial charge in [-0.15, -0.1) is 0 Å². The van der Waals surface area contributed by atoms with Crippen molar-refractivity contribution in [2.45, 2.75) is 32.1 Å². The van der Waals surface area contributed by atoms with E-state index in [-0.39, 0.29) is 11.8 Å². The fraction of sp³-hybridized carbons (Fsp3) is 0.500. The molecule has 0 aromatic heterocycles. The van der Waals surface area contributed by atoms with Gasteiger partial charge in [-0.2, -0.15) is 0 Å². The van der Waals surface area contributed by atoms with Crippen molar-refractivity contribution in [2.75, 3.05) is 26.0 Å². The fourth-order valence-corrected chi connectivity index (χ4v) is 2.00. The predicted molar refractivity (Wildman–Crippen MR) is 85.2 cm³/mol. The van der Waals surface area contributed by atoms with Gasteiger partial charge in [0, 0.05) is 31.8 Å². The van der Waals surface area contributed by atoms with Crippen molar-refractivity contribution in [3.8, 4) is 0 Å². The molecule has 0 atom stereocenters. The Morgan fingerprint density at radius 2 is 1.86 bits per heavy atom. The smallest absolute Gasteiger partial charge is 0.253 e. The van der Waals surface area contributed by atoms with Crippen LogP contribution in [0, 0.1) is 0 Å². The first-order valence-corrected chi connectivity index (χ1v) is 7.36. The summed E-state index contributed by atoms with van der Waals surface area (Å²) in [5, 5.41) is 2.83. The first-order chi connectivity index (χ1) is 10.0. The molecule has 0 saturated carbocycles. The molecule has 5 heteroatoms.